The quantitative estimate of drug-likeness (QED) is 0.238. The van der Waals surface area contributed by atoms with Crippen molar-refractivity contribution in [1.29, 1.82) is 0 Å². The van der Waals surface area contributed by atoms with Crippen LogP contribution in [-0.2, 0) is 0 Å². The fraction of sp³-hybridized carbons (Fsp3) is 0.138. The van der Waals surface area contributed by atoms with Crippen LogP contribution in [0.2, 0.25) is 0 Å². The lowest BCUT2D eigenvalue weighted by Gasteiger charge is -2.25. The van der Waals surface area contributed by atoms with Crippen LogP contribution >= 0.6 is 0 Å². The molecule has 154 valence electrons. The Hall–Kier alpha value is -3.65. The Kier molecular flexibility index (Phi) is 6.59. The van der Waals surface area contributed by atoms with Gasteiger partial charge < -0.3 is 0 Å². The minimum absolute atomic E-state index is 0.332. The fourth-order valence-corrected chi connectivity index (χ4v) is 3.66. The Labute approximate surface area is 185 Å². The van der Waals surface area contributed by atoms with Crippen molar-refractivity contribution in [2.75, 3.05) is 11.6 Å². The SMILES string of the molecule is Cc1ccc(N(CC(C)c2ccccc2)N=C(c2ccccc2)c2ccccc2)cc1. The highest BCUT2D eigenvalue weighted by molar-refractivity contribution is 6.13. The summed E-state index contributed by atoms with van der Waals surface area (Å²) in [7, 11) is 0. The maximum Gasteiger partial charge on any atom is 0.0980 e. The van der Waals surface area contributed by atoms with E-state index in [-0.39, 0.29) is 0 Å². The van der Waals surface area contributed by atoms with Gasteiger partial charge in [0.1, 0.15) is 0 Å². The number of nitrogens with zero attached hydrogens (tertiary/aromatic N) is 2. The zero-order valence-electron chi connectivity index (χ0n) is 18.1. The van der Waals surface area contributed by atoms with E-state index in [0.29, 0.717) is 5.92 Å². The van der Waals surface area contributed by atoms with Crippen molar-refractivity contribution < 1.29 is 0 Å². The molecule has 0 aliphatic carbocycles. The van der Waals surface area contributed by atoms with Gasteiger partial charge in [-0.3, -0.25) is 5.01 Å². The van der Waals surface area contributed by atoms with Crippen LogP contribution in [0.3, 0.4) is 0 Å². The summed E-state index contributed by atoms with van der Waals surface area (Å²) in [4.78, 5) is 0. The summed E-state index contributed by atoms with van der Waals surface area (Å²) in [6, 6.07) is 40.1. The highest BCUT2D eigenvalue weighted by Crippen LogP contribution is 2.24. The zero-order chi connectivity index (χ0) is 21.5. The molecule has 0 amide bonds. The molecular formula is C29H28N2. The van der Waals surface area contributed by atoms with E-state index in [1.54, 1.807) is 0 Å². The van der Waals surface area contributed by atoms with Crippen LogP contribution in [0, 0.1) is 6.92 Å². The Balaban J connectivity index is 1.78. The smallest absolute Gasteiger partial charge is 0.0980 e. The van der Waals surface area contributed by atoms with E-state index in [0.717, 1.165) is 29.1 Å². The highest BCUT2D eigenvalue weighted by atomic mass is 15.5. The van der Waals surface area contributed by atoms with Gasteiger partial charge in [-0.1, -0.05) is 116 Å². The molecule has 0 saturated carbocycles. The molecule has 4 rings (SSSR count). The molecule has 4 aromatic carbocycles. The third-order valence-corrected chi connectivity index (χ3v) is 5.46. The summed E-state index contributed by atoms with van der Waals surface area (Å²) >= 11 is 0. The predicted molar refractivity (Wildman–Crippen MR) is 132 cm³/mol. The van der Waals surface area contributed by atoms with E-state index in [4.69, 9.17) is 5.10 Å². The first kappa shape index (κ1) is 20.6. The van der Waals surface area contributed by atoms with Gasteiger partial charge in [-0.05, 0) is 24.6 Å². The lowest BCUT2D eigenvalue weighted by molar-refractivity contribution is 0.709. The molecule has 0 aliphatic heterocycles. The second-order valence-electron chi connectivity index (χ2n) is 7.91. The van der Waals surface area contributed by atoms with Gasteiger partial charge in [-0.2, -0.15) is 5.10 Å². The average molecular weight is 405 g/mol. The molecule has 0 heterocycles. The normalized spacial score (nSPS) is 11.5. The van der Waals surface area contributed by atoms with Gasteiger partial charge in [0.25, 0.3) is 0 Å². The minimum atomic E-state index is 0.332. The van der Waals surface area contributed by atoms with Crippen molar-refractivity contribution in [3.05, 3.63) is 138 Å². The molecule has 1 atom stereocenters. The first-order valence-electron chi connectivity index (χ1n) is 10.8. The largest absolute Gasteiger partial charge is 0.264 e. The summed E-state index contributed by atoms with van der Waals surface area (Å²) in [5, 5.41) is 7.38. The standard InChI is InChI=1S/C29H28N2/c1-23-18-20-28(21-19-23)31(22-24(2)25-12-6-3-7-13-25)30-29(26-14-8-4-9-15-26)27-16-10-5-11-17-27/h3-21,24H,22H2,1-2H3. The van der Waals surface area contributed by atoms with Gasteiger partial charge in [0.2, 0.25) is 0 Å². The number of hydrazone groups is 1. The first-order valence-corrected chi connectivity index (χ1v) is 10.8. The molecule has 0 bridgehead atoms. The Bertz CT molecular complexity index is 1060. The maximum atomic E-state index is 5.23. The van der Waals surface area contributed by atoms with Gasteiger partial charge in [0, 0.05) is 23.6 Å². The van der Waals surface area contributed by atoms with Crippen molar-refractivity contribution >= 4 is 11.4 Å². The summed E-state index contributed by atoms with van der Waals surface area (Å²) in [6.07, 6.45) is 0. The molecule has 0 N–H and O–H groups in total. The van der Waals surface area contributed by atoms with Crippen molar-refractivity contribution in [3.63, 3.8) is 0 Å². The molecule has 2 nitrogen and oxygen atoms in total. The van der Waals surface area contributed by atoms with E-state index >= 15 is 0 Å². The van der Waals surface area contributed by atoms with E-state index < -0.39 is 0 Å². The molecule has 1 unspecified atom stereocenters. The van der Waals surface area contributed by atoms with Crippen molar-refractivity contribution in [1.82, 2.24) is 0 Å². The topological polar surface area (TPSA) is 15.6 Å². The van der Waals surface area contributed by atoms with Crippen LogP contribution in [-0.4, -0.2) is 12.3 Å². The van der Waals surface area contributed by atoms with Crippen LogP contribution in [0.4, 0.5) is 5.69 Å². The number of benzene rings is 4. The molecule has 4 aromatic rings. The minimum Gasteiger partial charge on any atom is -0.264 e. The van der Waals surface area contributed by atoms with Crippen molar-refractivity contribution in [3.8, 4) is 0 Å². The molecule has 0 aliphatic rings. The summed E-state index contributed by atoms with van der Waals surface area (Å²) in [5.74, 6) is 0.332. The van der Waals surface area contributed by atoms with E-state index in [1.807, 2.05) is 12.1 Å². The summed E-state index contributed by atoms with van der Waals surface area (Å²) < 4.78 is 0. The lowest BCUT2D eigenvalue weighted by Crippen LogP contribution is -2.25. The molecule has 0 spiro atoms. The Morgan fingerprint density at radius 2 is 1.16 bits per heavy atom. The second kappa shape index (κ2) is 9.90. The predicted octanol–water partition coefficient (Wildman–Crippen LogP) is 7.06. The van der Waals surface area contributed by atoms with Crippen LogP contribution < -0.4 is 5.01 Å². The zero-order valence-corrected chi connectivity index (χ0v) is 18.1. The second-order valence-corrected chi connectivity index (χ2v) is 7.91. The third kappa shape index (κ3) is 5.29. The van der Waals surface area contributed by atoms with Gasteiger partial charge in [0.15, 0.2) is 0 Å². The maximum absolute atomic E-state index is 5.23. The molecule has 0 fully saturated rings. The van der Waals surface area contributed by atoms with Gasteiger partial charge >= 0.3 is 0 Å². The molecule has 31 heavy (non-hydrogen) atoms. The molecule has 0 saturated heterocycles. The average Bonchev–Trinajstić information content (AvgIpc) is 2.84. The third-order valence-electron chi connectivity index (χ3n) is 5.46. The number of rotatable bonds is 7. The van der Waals surface area contributed by atoms with Crippen molar-refractivity contribution in [2.45, 2.75) is 19.8 Å². The molecule has 2 heteroatoms. The fourth-order valence-electron chi connectivity index (χ4n) is 3.66. The van der Waals surface area contributed by atoms with Gasteiger partial charge in [0.05, 0.1) is 11.4 Å². The molecule has 0 radical (unpaired) electrons. The van der Waals surface area contributed by atoms with Crippen LogP contribution in [0.1, 0.15) is 35.1 Å². The van der Waals surface area contributed by atoms with Crippen LogP contribution in [0.15, 0.2) is 120 Å². The van der Waals surface area contributed by atoms with Crippen LogP contribution in [0.5, 0.6) is 0 Å². The van der Waals surface area contributed by atoms with E-state index in [2.05, 4.69) is 122 Å². The summed E-state index contributed by atoms with van der Waals surface area (Å²) in [6.45, 7) is 5.16. The first-order chi connectivity index (χ1) is 15.2. The Morgan fingerprint density at radius 3 is 1.68 bits per heavy atom. The van der Waals surface area contributed by atoms with Gasteiger partial charge in [-0.15, -0.1) is 0 Å². The van der Waals surface area contributed by atoms with Gasteiger partial charge in [-0.25, -0.2) is 0 Å². The van der Waals surface area contributed by atoms with Crippen molar-refractivity contribution in [2.24, 2.45) is 5.10 Å². The number of hydrogen-bond donors (Lipinski definition) is 0. The molecular weight excluding hydrogens is 376 g/mol. The number of anilines is 1. The van der Waals surface area contributed by atoms with Crippen LogP contribution in [0.25, 0.3) is 0 Å². The van der Waals surface area contributed by atoms with E-state index in [1.165, 1.54) is 11.1 Å². The molecule has 0 aromatic heterocycles. The number of aryl methyl sites for hydroxylation is 1. The highest BCUT2D eigenvalue weighted by Gasteiger charge is 2.15. The monoisotopic (exact) mass is 404 g/mol. The van der Waals surface area contributed by atoms with E-state index in [9.17, 15) is 0 Å². The number of hydrogen-bond acceptors (Lipinski definition) is 2. The Morgan fingerprint density at radius 1 is 0.677 bits per heavy atom. The summed E-state index contributed by atoms with van der Waals surface area (Å²) in [5.41, 5.74) is 6.85. The lowest BCUT2D eigenvalue weighted by atomic mass is 10.0.